The number of anilines is 2. The van der Waals surface area contributed by atoms with Gasteiger partial charge in [0.2, 0.25) is 11.8 Å². The van der Waals surface area contributed by atoms with Crippen LogP contribution in [0.15, 0.2) is 36.4 Å². The number of amides is 3. The quantitative estimate of drug-likeness (QED) is 0.431. The van der Waals surface area contributed by atoms with Crippen LogP contribution in [0.4, 0.5) is 11.4 Å². The molecular formula is C30H43ClN6O3. The predicted octanol–water partition coefficient (Wildman–Crippen LogP) is 3.34. The summed E-state index contributed by atoms with van der Waals surface area (Å²) in [4.78, 5) is 42.4. The summed E-state index contributed by atoms with van der Waals surface area (Å²) in [5, 5.41) is 10.3. The van der Waals surface area contributed by atoms with Crippen LogP contribution in [0, 0.1) is 6.92 Å². The number of nitrogens with zero attached hydrogens (tertiary/aromatic N) is 4. The summed E-state index contributed by atoms with van der Waals surface area (Å²) < 4.78 is 0. The number of fused-ring (bicyclic) bond motifs is 2. The summed E-state index contributed by atoms with van der Waals surface area (Å²) in [6, 6.07) is 12.6. The number of rotatable bonds is 11. The molecule has 0 fully saturated rings. The van der Waals surface area contributed by atoms with Crippen LogP contribution in [-0.4, -0.2) is 78.5 Å². The first-order chi connectivity index (χ1) is 18.7. The van der Waals surface area contributed by atoms with Crippen molar-refractivity contribution in [3.8, 4) is 0 Å². The summed E-state index contributed by atoms with van der Waals surface area (Å²) in [5.74, 6) is -0.0946. The van der Waals surface area contributed by atoms with E-state index in [0.29, 0.717) is 45.6 Å². The number of aryl methyl sites for hydroxylation is 2. The maximum atomic E-state index is 13.4. The lowest BCUT2D eigenvalue weighted by Crippen LogP contribution is -2.49. The Bertz CT molecular complexity index is 1190. The molecule has 3 amide bonds. The first-order valence-electron chi connectivity index (χ1n) is 13.9. The van der Waals surface area contributed by atoms with Crippen LogP contribution in [0.2, 0.25) is 0 Å². The van der Waals surface area contributed by atoms with Gasteiger partial charge >= 0.3 is 0 Å². The summed E-state index contributed by atoms with van der Waals surface area (Å²) in [6.45, 7) is 11.2. The molecule has 10 heteroatoms. The van der Waals surface area contributed by atoms with Crippen LogP contribution < -0.4 is 15.5 Å². The Morgan fingerprint density at radius 2 is 1.70 bits per heavy atom. The van der Waals surface area contributed by atoms with Gasteiger partial charge in [0.1, 0.15) is 6.54 Å². The molecule has 0 spiro atoms. The van der Waals surface area contributed by atoms with Crippen molar-refractivity contribution in [2.24, 2.45) is 0 Å². The molecule has 2 heterocycles. The maximum absolute atomic E-state index is 13.4. The lowest BCUT2D eigenvalue weighted by molar-refractivity contribution is -0.151. The second kappa shape index (κ2) is 14.0. The van der Waals surface area contributed by atoms with Crippen molar-refractivity contribution in [3.63, 3.8) is 0 Å². The molecule has 0 bridgehead atoms. The fraction of sp³-hybridized carbons (Fsp3) is 0.500. The molecule has 4 rings (SSSR count). The van der Waals surface area contributed by atoms with Crippen molar-refractivity contribution in [1.29, 1.82) is 0 Å². The van der Waals surface area contributed by atoms with Gasteiger partial charge in [-0.25, -0.2) is 5.01 Å². The average molecular weight is 571 g/mol. The summed E-state index contributed by atoms with van der Waals surface area (Å²) in [7, 11) is 1.78. The highest BCUT2D eigenvalue weighted by atomic mass is 35.5. The predicted molar refractivity (Wildman–Crippen MR) is 161 cm³/mol. The van der Waals surface area contributed by atoms with Gasteiger partial charge in [-0.2, -0.15) is 0 Å². The number of hydrogen-bond acceptors (Lipinski definition) is 6. The van der Waals surface area contributed by atoms with Gasteiger partial charge in [0.05, 0.1) is 6.54 Å². The zero-order chi connectivity index (χ0) is 28.1. The number of halogens is 1. The van der Waals surface area contributed by atoms with Gasteiger partial charge in [0, 0.05) is 63.6 Å². The van der Waals surface area contributed by atoms with Crippen LogP contribution in [0.5, 0.6) is 0 Å². The van der Waals surface area contributed by atoms with Gasteiger partial charge in [0.15, 0.2) is 0 Å². The topological polar surface area (TPSA) is 88.2 Å². The van der Waals surface area contributed by atoms with Gasteiger partial charge in [0.25, 0.3) is 5.91 Å². The van der Waals surface area contributed by atoms with E-state index in [4.69, 9.17) is 0 Å². The fourth-order valence-corrected chi connectivity index (χ4v) is 5.25. The summed E-state index contributed by atoms with van der Waals surface area (Å²) >= 11 is 0. The second-order valence-electron chi connectivity index (χ2n) is 10.7. The average Bonchev–Trinajstić information content (AvgIpc) is 3.35. The van der Waals surface area contributed by atoms with Gasteiger partial charge in [-0.1, -0.05) is 38.1 Å². The zero-order valence-electron chi connectivity index (χ0n) is 24.3. The summed E-state index contributed by atoms with van der Waals surface area (Å²) in [6.07, 6.45) is 1.19. The van der Waals surface area contributed by atoms with E-state index < -0.39 is 0 Å². The van der Waals surface area contributed by atoms with Crippen LogP contribution in [0.25, 0.3) is 0 Å². The van der Waals surface area contributed by atoms with Crippen LogP contribution >= 0.6 is 12.4 Å². The molecule has 0 unspecified atom stereocenters. The van der Waals surface area contributed by atoms with Crippen molar-refractivity contribution in [3.05, 3.63) is 58.7 Å². The highest BCUT2D eigenvalue weighted by molar-refractivity contribution is 5.97. The largest absolute Gasteiger partial charge is 0.376 e. The van der Waals surface area contributed by atoms with E-state index in [1.54, 1.807) is 17.0 Å². The van der Waals surface area contributed by atoms with Crippen LogP contribution in [0.3, 0.4) is 0 Å². The molecule has 0 aliphatic carbocycles. The van der Waals surface area contributed by atoms with Crippen molar-refractivity contribution < 1.29 is 14.4 Å². The van der Waals surface area contributed by atoms with Gasteiger partial charge < -0.3 is 20.4 Å². The van der Waals surface area contributed by atoms with E-state index in [2.05, 4.69) is 42.7 Å². The number of nitrogens with one attached hydrogen (secondary N) is 2. The lowest BCUT2D eigenvalue weighted by Gasteiger charge is -2.31. The van der Waals surface area contributed by atoms with E-state index in [-0.39, 0.29) is 49.3 Å². The Kier molecular flexibility index (Phi) is 11.0. The van der Waals surface area contributed by atoms with E-state index in [1.165, 1.54) is 11.1 Å². The second-order valence-corrected chi connectivity index (χ2v) is 10.7. The first-order valence-corrected chi connectivity index (χ1v) is 13.9. The van der Waals surface area contributed by atoms with E-state index in [0.717, 1.165) is 22.5 Å². The third-order valence-electron chi connectivity index (χ3n) is 7.59. The van der Waals surface area contributed by atoms with Gasteiger partial charge in [-0.05, 0) is 54.7 Å². The molecule has 2 aliphatic heterocycles. The third-order valence-corrected chi connectivity index (χ3v) is 7.59. The molecule has 40 heavy (non-hydrogen) atoms. The van der Waals surface area contributed by atoms with Crippen LogP contribution in [-0.2, 0) is 33.9 Å². The molecule has 0 saturated carbocycles. The normalized spacial score (nSPS) is 14.4. The Morgan fingerprint density at radius 1 is 1.02 bits per heavy atom. The molecular weight excluding hydrogens is 528 g/mol. The Morgan fingerprint density at radius 3 is 2.33 bits per heavy atom. The minimum absolute atomic E-state index is 0. The Labute approximate surface area is 244 Å². The van der Waals surface area contributed by atoms with E-state index >= 15 is 0 Å². The Hall–Kier alpha value is -3.14. The van der Waals surface area contributed by atoms with Crippen molar-refractivity contribution in [1.82, 2.24) is 20.2 Å². The number of likely N-dealkylation sites (N-methyl/N-ethyl adjacent to an activating group) is 1. The van der Waals surface area contributed by atoms with Crippen LogP contribution in [0.1, 0.15) is 49.4 Å². The molecule has 2 aromatic rings. The Balaban J connectivity index is 0.00000441. The molecule has 9 nitrogen and oxygen atoms in total. The molecule has 0 saturated heterocycles. The van der Waals surface area contributed by atoms with Gasteiger partial charge in [-0.15, -0.1) is 12.4 Å². The molecule has 2 aliphatic rings. The number of hydrogen-bond donors (Lipinski definition) is 2. The number of carbonyl (C=O) groups is 3. The standard InChI is InChI=1S/C30H42N6O3.ClH/c1-6-36-27-15-22(4)26(16-23(27)11-12-28(36)37)32-17-29(38)34(14-13-31-21(2)3)20-30(39)33(5)35-18-24-9-7-8-10-25(24)19-35;/h7-10,15-16,21,31-32H,6,11-14,17-20H2,1-5H3;1H. The molecule has 0 radical (unpaired) electrons. The lowest BCUT2D eigenvalue weighted by atomic mass is 9.98. The van der Waals surface area contributed by atoms with E-state index in [1.807, 2.05) is 42.0 Å². The fourth-order valence-electron chi connectivity index (χ4n) is 5.25. The van der Waals surface area contributed by atoms with Crippen molar-refractivity contribution >= 4 is 41.5 Å². The number of carbonyl (C=O) groups excluding carboxylic acids is 3. The first kappa shape index (κ1) is 31.4. The summed E-state index contributed by atoms with van der Waals surface area (Å²) in [5.41, 5.74) is 6.38. The highest BCUT2D eigenvalue weighted by Gasteiger charge is 2.28. The van der Waals surface area contributed by atoms with Crippen molar-refractivity contribution in [2.45, 2.75) is 59.7 Å². The molecule has 0 aromatic heterocycles. The maximum Gasteiger partial charge on any atom is 0.256 e. The monoisotopic (exact) mass is 570 g/mol. The van der Waals surface area contributed by atoms with Crippen molar-refractivity contribution in [2.75, 3.05) is 50.0 Å². The van der Waals surface area contributed by atoms with E-state index in [9.17, 15) is 14.4 Å². The molecule has 2 aromatic carbocycles. The number of hydrazine groups is 1. The molecule has 0 atom stereocenters. The van der Waals surface area contributed by atoms with Gasteiger partial charge in [-0.3, -0.25) is 19.4 Å². The highest BCUT2D eigenvalue weighted by Crippen LogP contribution is 2.32. The molecule has 218 valence electrons. The zero-order valence-corrected chi connectivity index (χ0v) is 25.1. The minimum Gasteiger partial charge on any atom is -0.376 e. The molecule has 2 N–H and O–H groups in total. The smallest absolute Gasteiger partial charge is 0.256 e. The SMILES string of the molecule is CCN1C(=O)CCc2cc(NCC(=O)N(CCNC(C)C)CC(=O)N(C)N3Cc4ccccc4C3)c(C)cc21.Cl. The number of benzene rings is 2. The third kappa shape index (κ3) is 7.33. The minimum atomic E-state index is -0.130.